The van der Waals surface area contributed by atoms with Gasteiger partial charge in [0.25, 0.3) is 11.6 Å². The van der Waals surface area contributed by atoms with Gasteiger partial charge in [-0.1, -0.05) is 6.42 Å². The number of nitrogens with zero attached hydrogens (tertiary/aromatic N) is 3. The Morgan fingerprint density at radius 2 is 1.92 bits per heavy atom. The van der Waals surface area contributed by atoms with Crippen molar-refractivity contribution in [3.05, 3.63) is 34.4 Å². The summed E-state index contributed by atoms with van der Waals surface area (Å²) in [5.41, 5.74) is 0.275. The van der Waals surface area contributed by atoms with E-state index in [9.17, 15) is 24.8 Å². The topological polar surface area (TPSA) is 104 Å². The van der Waals surface area contributed by atoms with Gasteiger partial charge >= 0.3 is 0 Å². The number of aliphatic hydroxyl groups excluding tert-OH is 1. The average molecular weight is 347 g/mol. The number of piperidine rings is 1. The van der Waals surface area contributed by atoms with Crippen molar-refractivity contribution in [2.24, 2.45) is 0 Å². The van der Waals surface area contributed by atoms with E-state index in [0.29, 0.717) is 12.1 Å². The summed E-state index contributed by atoms with van der Waals surface area (Å²) in [7, 11) is 0. The standard InChI is InChI=1S/C17H21N3O5/c21-10-8-12-3-1-2-9-18(12)15-11-16(22)19(17(15)23)13-4-6-14(7-5-13)20(24)25/h4-7,12,15,21H,1-3,8-11H2. The monoisotopic (exact) mass is 347 g/mol. The Balaban J connectivity index is 1.80. The van der Waals surface area contributed by atoms with Crippen molar-refractivity contribution in [3.8, 4) is 0 Å². The van der Waals surface area contributed by atoms with Gasteiger partial charge in [-0.15, -0.1) is 0 Å². The molecule has 0 spiro atoms. The summed E-state index contributed by atoms with van der Waals surface area (Å²) in [5.74, 6) is -0.583. The van der Waals surface area contributed by atoms with Crippen molar-refractivity contribution in [1.82, 2.24) is 4.90 Å². The second-order valence-corrected chi connectivity index (χ2v) is 6.46. The third kappa shape index (κ3) is 3.40. The van der Waals surface area contributed by atoms with Crippen LogP contribution >= 0.6 is 0 Å². The minimum atomic E-state index is -0.520. The third-order valence-electron chi connectivity index (χ3n) is 4.98. The number of carbonyl (C=O) groups is 2. The first kappa shape index (κ1) is 17.5. The van der Waals surface area contributed by atoms with E-state index in [-0.39, 0.29) is 36.6 Å². The van der Waals surface area contributed by atoms with Crippen LogP contribution in [0, 0.1) is 10.1 Å². The zero-order chi connectivity index (χ0) is 18.0. The molecule has 2 unspecified atom stereocenters. The molecule has 0 aromatic heterocycles. The molecular weight excluding hydrogens is 326 g/mol. The molecule has 2 heterocycles. The van der Waals surface area contributed by atoms with Gasteiger partial charge in [-0.25, -0.2) is 4.90 Å². The van der Waals surface area contributed by atoms with Crippen molar-refractivity contribution in [3.63, 3.8) is 0 Å². The number of imide groups is 1. The Hall–Kier alpha value is -2.32. The molecule has 134 valence electrons. The average Bonchev–Trinajstić information content (AvgIpc) is 2.90. The fourth-order valence-electron chi connectivity index (χ4n) is 3.76. The first-order valence-corrected chi connectivity index (χ1v) is 8.51. The van der Waals surface area contributed by atoms with Crippen LogP contribution in [0.15, 0.2) is 24.3 Å². The number of anilines is 1. The van der Waals surface area contributed by atoms with Gasteiger partial charge in [0.05, 0.1) is 23.1 Å². The quantitative estimate of drug-likeness (QED) is 0.491. The van der Waals surface area contributed by atoms with E-state index in [4.69, 9.17) is 0 Å². The Labute approximate surface area is 145 Å². The van der Waals surface area contributed by atoms with Gasteiger partial charge in [-0.05, 0) is 37.9 Å². The molecule has 2 atom stereocenters. The van der Waals surface area contributed by atoms with Crippen LogP contribution in [0.25, 0.3) is 0 Å². The molecule has 2 aliphatic heterocycles. The molecule has 2 saturated heterocycles. The highest BCUT2D eigenvalue weighted by molar-refractivity contribution is 6.22. The van der Waals surface area contributed by atoms with Gasteiger partial charge in [-0.2, -0.15) is 0 Å². The molecule has 1 aromatic rings. The normalized spacial score (nSPS) is 24.8. The highest BCUT2D eigenvalue weighted by atomic mass is 16.6. The summed E-state index contributed by atoms with van der Waals surface area (Å²) in [5, 5.41) is 20.0. The van der Waals surface area contributed by atoms with Crippen molar-refractivity contribution in [2.45, 2.75) is 44.2 Å². The molecule has 0 saturated carbocycles. The Bertz CT molecular complexity index is 673. The maximum atomic E-state index is 12.9. The lowest BCUT2D eigenvalue weighted by Crippen LogP contribution is -2.50. The number of carbonyl (C=O) groups excluding carboxylic acids is 2. The smallest absolute Gasteiger partial charge is 0.269 e. The lowest BCUT2D eigenvalue weighted by atomic mass is 9.97. The van der Waals surface area contributed by atoms with Crippen molar-refractivity contribution in [1.29, 1.82) is 0 Å². The first-order valence-electron chi connectivity index (χ1n) is 8.51. The molecule has 0 radical (unpaired) electrons. The van der Waals surface area contributed by atoms with Crippen LogP contribution in [0.5, 0.6) is 0 Å². The van der Waals surface area contributed by atoms with Gasteiger partial charge in [0.15, 0.2) is 0 Å². The fraction of sp³-hybridized carbons (Fsp3) is 0.529. The molecule has 2 fully saturated rings. The van der Waals surface area contributed by atoms with Crippen LogP contribution in [0.1, 0.15) is 32.1 Å². The summed E-state index contributed by atoms with van der Waals surface area (Å²) in [6.07, 6.45) is 3.64. The maximum absolute atomic E-state index is 12.9. The van der Waals surface area contributed by atoms with Crippen LogP contribution in [-0.2, 0) is 9.59 Å². The zero-order valence-electron chi connectivity index (χ0n) is 13.8. The second-order valence-electron chi connectivity index (χ2n) is 6.46. The Morgan fingerprint density at radius 1 is 1.20 bits per heavy atom. The largest absolute Gasteiger partial charge is 0.396 e. The van der Waals surface area contributed by atoms with E-state index < -0.39 is 11.0 Å². The van der Waals surface area contributed by atoms with Crippen LogP contribution in [0.2, 0.25) is 0 Å². The third-order valence-corrected chi connectivity index (χ3v) is 4.98. The number of aliphatic hydroxyl groups is 1. The van der Waals surface area contributed by atoms with Crippen LogP contribution in [0.3, 0.4) is 0 Å². The SMILES string of the molecule is O=C1CC(N2CCCCC2CCO)C(=O)N1c1ccc([N+](=O)[O-])cc1. The van der Waals surface area contributed by atoms with Gasteiger partial charge in [-0.3, -0.25) is 24.6 Å². The fourth-order valence-corrected chi connectivity index (χ4v) is 3.76. The van der Waals surface area contributed by atoms with Crippen molar-refractivity contribution >= 4 is 23.2 Å². The van der Waals surface area contributed by atoms with Crippen LogP contribution < -0.4 is 4.90 Å². The summed E-state index contributed by atoms with van der Waals surface area (Å²) < 4.78 is 0. The number of rotatable bonds is 5. The molecule has 2 amide bonds. The summed E-state index contributed by atoms with van der Waals surface area (Å²) in [6.45, 7) is 0.796. The molecule has 25 heavy (non-hydrogen) atoms. The first-order chi connectivity index (χ1) is 12.0. The van der Waals surface area contributed by atoms with Gasteiger partial charge in [0.1, 0.15) is 0 Å². The molecule has 2 aliphatic rings. The van der Waals surface area contributed by atoms with Crippen LogP contribution in [-0.4, -0.2) is 52.0 Å². The molecule has 0 aliphatic carbocycles. The number of benzene rings is 1. The number of amides is 2. The van der Waals surface area contributed by atoms with Gasteiger partial charge in [0, 0.05) is 24.8 Å². The lowest BCUT2D eigenvalue weighted by Gasteiger charge is -2.38. The second kappa shape index (κ2) is 7.28. The van der Waals surface area contributed by atoms with E-state index in [2.05, 4.69) is 0 Å². The summed E-state index contributed by atoms with van der Waals surface area (Å²) >= 11 is 0. The number of nitro groups is 1. The minimum Gasteiger partial charge on any atom is -0.396 e. The summed E-state index contributed by atoms with van der Waals surface area (Å²) in [4.78, 5) is 38.7. The molecule has 8 heteroatoms. The number of hydrogen-bond acceptors (Lipinski definition) is 6. The predicted octanol–water partition coefficient (Wildman–Crippen LogP) is 1.46. The summed E-state index contributed by atoms with van der Waals surface area (Å²) in [6, 6.07) is 5.03. The minimum absolute atomic E-state index is 0.0576. The number of nitro benzene ring substituents is 1. The highest BCUT2D eigenvalue weighted by Crippen LogP contribution is 2.31. The van der Waals surface area contributed by atoms with Crippen molar-refractivity contribution in [2.75, 3.05) is 18.1 Å². The zero-order valence-corrected chi connectivity index (χ0v) is 13.8. The van der Waals surface area contributed by atoms with Gasteiger partial charge in [0.2, 0.25) is 5.91 Å². The van der Waals surface area contributed by atoms with E-state index >= 15 is 0 Å². The molecular formula is C17H21N3O5. The number of likely N-dealkylation sites (tertiary alicyclic amines) is 1. The number of non-ortho nitro benzene ring substituents is 1. The van der Waals surface area contributed by atoms with Gasteiger partial charge < -0.3 is 5.11 Å². The Kier molecular flexibility index (Phi) is 5.10. The molecule has 8 nitrogen and oxygen atoms in total. The molecule has 1 aromatic carbocycles. The van der Waals surface area contributed by atoms with E-state index in [0.717, 1.165) is 30.7 Å². The van der Waals surface area contributed by atoms with E-state index in [1.807, 2.05) is 4.90 Å². The highest BCUT2D eigenvalue weighted by Gasteiger charge is 2.44. The van der Waals surface area contributed by atoms with Crippen molar-refractivity contribution < 1.29 is 19.6 Å². The molecule has 3 rings (SSSR count). The lowest BCUT2D eigenvalue weighted by molar-refractivity contribution is -0.384. The van der Waals surface area contributed by atoms with Crippen LogP contribution in [0.4, 0.5) is 11.4 Å². The van der Waals surface area contributed by atoms with E-state index in [1.165, 1.54) is 24.3 Å². The maximum Gasteiger partial charge on any atom is 0.269 e. The molecule has 1 N–H and O–H groups in total. The number of hydrogen-bond donors (Lipinski definition) is 1. The Morgan fingerprint density at radius 3 is 2.56 bits per heavy atom. The molecule has 0 bridgehead atoms. The van der Waals surface area contributed by atoms with E-state index in [1.54, 1.807) is 0 Å². The predicted molar refractivity (Wildman–Crippen MR) is 90.0 cm³/mol.